The van der Waals surface area contributed by atoms with Crippen LogP contribution in [0.3, 0.4) is 0 Å². The fourth-order valence-electron chi connectivity index (χ4n) is 2.21. The fourth-order valence-corrected chi connectivity index (χ4v) is 4.70. The summed E-state index contributed by atoms with van der Waals surface area (Å²) in [5, 5.41) is 2.72. The summed E-state index contributed by atoms with van der Waals surface area (Å²) in [7, 11) is -3.24. The minimum absolute atomic E-state index is 0.0184. The van der Waals surface area contributed by atoms with Crippen LogP contribution in [0.25, 0.3) is 0 Å². The van der Waals surface area contributed by atoms with Crippen molar-refractivity contribution in [2.45, 2.75) is 26.7 Å². The molecule has 0 aromatic heterocycles. The number of thioether (sulfide) groups is 1. The van der Waals surface area contributed by atoms with Gasteiger partial charge in [-0.2, -0.15) is 11.8 Å². The average molecular weight is 338 g/mol. The molecule has 8 heteroatoms. The van der Waals surface area contributed by atoms with Crippen LogP contribution >= 0.6 is 11.8 Å². The number of amides is 2. The maximum Gasteiger partial charge on any atom is 0.317 e. The molecule has 1 heterocycles. The van der Waals surface area contributed by atoms with Crippen LogP contribution in [-0.2, 0) is 10.0 Å². The molecule has 0 spiro atoms. The number of nitrogens with zero attached hydrogens (tertiary/aromatic N) is 2. The van der Waals surface area contributed by atoms with E-state index in [0.29, 0.717) is 26.2 Å². The van der Waals surface area contributed by atoms with Crippen LogP contribution in [0, 0.1) is 0 Å². The summed E-state index contributed by atoms with van der Waals surface area (Å²) in [6.07, 6.45) is 1.80. The van der Waals surface area contributed by atoms with Crippen molar-refractivity contribution in [1.29, 1.82) is 0 Å². The van der Waals surface area contributed by atoms with Gasteiger partial charge < -0.3 is 10.2 Å². The van der Waals surface area contributed by atoms with Crippen LogP contribution in [0.4, 0.5) is 4.79 Å². The normalized spacial score (nSPS) is 16.7. The molecule has 1 N–H and O–H groups in total. The Morgan fingerprint density at radius 1 is 1.19 bits per heavy atom. The van der Waals surface area contributed by atoms with Crippen LogP contribution in [0.15, 0.2) is 0 Å². The summed E-state index contributed by atoms with van der Waals surface area (Å²) in [5.74, 6) is 1.69. The van der Waals surface area contributed by atoms with E-state index in [1.54, 1.807) is 16.7 Å². The predicted molar refractivity (Wildman–Crippen MR) is 88.2 cm³/mol. The van der Waals surface area contributed by atoms with Gasteiger partial charge in [0.1, 0.15) is 0 Å². The highest BCUT2D eigenvalue weighted by Gasteiger charge is 2.24. The van der Waals surface area contributed by atoms with Crippen LogP contribution in [0.5, 0.6) is 0 Å². The summed E-state index contributed by atoms with van der Waals surface area (Å²) >= 11 is 1.78. The number of hydrogen-bond donors (Lipinski definition) is 1. The smallest absolute Gasteiger partial charge is 0.317 e. The van der Waals surface area contributed by atoms with E-state index in [2.05, 4.69) is 5.32 Å². The number of nitrogens with one attached hydrogen (secondary N) is 1. The average Bonchev–Trinajstić information content (AvgIpc) is 2.47. The second-order valence-corrected chi connectivity index (χ2v) is 8.36. The van der Waals surface area contributed by atoms with Crippen molar-refractivity contribution in [3.05, 3.63) is 0 Å². The quantitative estimate of drug-likeness (QED) is 0.722. The Hall–Kier alpha value is -0.470. The number of carbonyl (C=O) groups is 1. The molecule has 0 aliphatic carbocycles. The Balaban J connectivity index is 2.38. The van der Waals surface area contributed by atoms with E-state index in [9.17, 15) is 13.2 Å². The molecular weight excluding hydrogens is 310 g/mol. The lowest BCUT2D eigenvalue weighted by atomic mass is 10.4. The third kappa shape index (κ3) is 6.44. The minimum atomic E-state index is -3.24. The van der Waals surface area contributed by atoms with Crippen molar-refractivity contribution in [3.8, 4) is 0 Å². The zero-order valence-electron chi connectivity index (χ0n) is 13.0. The maximum atomic E-state index is 12.1. The lowest BCUT2D eigenvalue weighted by Gasteiger charge is -2.26. The van der Waals surface area contributed by atoms with E-state index in [-0.39, 0.29) is 18.3 Å². The number of urea groups is 1. The first-order valence-electron chi connectivity index (χ1n) is 7.59. The molecule has 1 rings (SSSR count). The van der Waals surface area contributed by atoms with Crippen molar-refractivity contribution in [3.63, 3.8) is 0 Å². The van der Waals surface area contributed by atoms with E-state index in [0.717, 1.165) is 24.3 Å². The molecule has 124 valence electrons. The Morgan fingerprint density at radius 2 is 1.76 bits per heavy atom. The zero-order chi connectivity index (χ0) is 15.7. The number of rotatable bonds is 8. The standard InChI is InChI=1S/C13H27N3O3S2/c1-3-6-15(7-4-2)13(17)14-5-12-21(18,19)16-8-10-20-11-9-16/h3-12H2,1-2H3,(H,14,17). The van der Waals surface area contributed by atoms with Crippen molar-refractivity contribution >= 4 is 27.8 Å². The molecular formula is C13H27N3O3S2. The summed E-state index contributed by atoms with van der Waals surface area (Å²) < 4.78 is 25.8. The van der Waals surface area contributed by atoms with Gasteiger partial charge in [0.05, 0.1) is 5.75 Å². The van der Waals surface area contributed by atoms with E-state index in [1.807, 2.05) is 13.8 Å². The van der Waals surface area contributed by atoms with Gasteiger partial charge in [0.2, 0.25) is 10.0 Å². The summed E-state index contributed by atoms with van der Waals surface area (Å²) in [6, 6.07) is -0.164. The van der Waals surface area contributed by atoms with Crippen LogP contribution in [-0.4, -0.2) is 73.6 Å². The zero-order valence-corrected chi connectivity index (χ0v) is 14.6. The van der Waals surface area contributed by atoms with Gasteiger partial charge >= 0.3 is 6.03 Å². The number of hydrogen-bond acceptors (Lipinski definition) is 4. The molecule has 21 heavy (non-hydrogen) atoms. The van der Waals surface area contributed by atoms with E-state index < -0.39 is 10.0 Å². The van der Waals surface area contributed by atoms with Crippen LogP contribution in [0.1, 0.15) is 26.7 Å². The Bertz CT molecular complexity index is 403. The molecule has 1 saturated heterocycles. The molecule has 1 aliphatic rings. The molecule has 0 atom stereocenters. The highest BCUT2D eigenvalue weighted by molar-refractivity contribution is 7.99. The van der Waals surface area contributed by atoms with Crippen molar-refractivity contribution in [2.75, 3.05) is 50.0 Å². The first kappa shape index (κ1) is 18.6. The molecule has 0 unspecified atom stereocenters. The van der Waals surface area contributed by atoms with Gasteiger partial charge in [0.15, 0.2) is 0 Å². The van der Waals surface area contributed by atoms with Gasteiger partial charge in [-0.3, -0.25) is 0 Å². The molecule has 2 amide bonds. The van der Waals surface area contributed by atoms with Gasteiger partial charge in [0, 0.05) is 44.2 Å². The largest absolute Gasteiger partial charge is 0.337 e. The summed E-state index contributed by atoms with van der Waals surface area (Å²) in [5.41, 5.74) is 0. The predicted octanol–water partition coefficient (Wildman–Crippen LogP) is 1.20. The SMILES string of the molecule is CCCN(CCC)C(=O)NCCS(=O)(=O)N1CCSCC1. The Labute approximate surface area is 132 Å². The van der Waals surface area contributed by atoms with Gasteiger partial charge in [-0.25, -0.2) is 17.5 Å². The topological polar surface area (TPSA) is 69.7 Å². The Morgan fingerprint density at radius 3 is 2.29 bits per heavy atom. The van der Waals surface area contributed by atoms with Crippen molar-refractivity contribution < 1.29 is 13.2 Å². The minimum Gasteiger partial charge on any atom is -0.337 e. The lowest BCUT2D eigenvalue weighted by Crippen LogP contribution is -2.45. The van der Waals surface area contributed by atoms with E-state index in [1.165, 1.54) is 4.31 Å². The number of carbonyl (C=O) groups excluding carboxylic acids is 1. The van der Waals surface area contributed by atoms with Gasteiger partial charge in [-0.05, 0) is 12.8 Å². The summed E-state index contributed by atoms with van der Waals surface area (Å²) in [6.45, 7) is 6.79. The maximum absolute atomic E-state index is 12.1. The van der Waals surface area contributed by atoms with E-state index >= 15 is 0 Å². The molecule has 0 aromatic rings. The Kier molecular flexibility index (Phi) is 8.43. The molecule has 0 bridgehead atoms. The van der Waals surface area contributed by atoms with E-state index in [4.69, 9.17) is 0 Å². The van der Waals surface area contributed by atoms with Crippen LogP contribution < -0.4 is 5.32 Å². The highest BCUT2D eigenvalue weighted by atomic mass is 32.2. The third-order valence-electron chi connectivity index (χ3n) is 3.27. The summed E-state index contributed by atoms with van der Waals surface area (Å²) in [4.78, 5) is 13.7. The molecule has 1 fully saturated rings. The first-order valence-corrected chi connectivity index (χ1v) is 10.4. The molecule has 0 saturated carbocycles. The second-order valence-electron chi connectivity index (χ2n) is 5.05. The molecule has 6 nitrogen and oxygen atoms in total. The van der Waals surface area contributed by atoms with Gasteiger partial charge in [-0.15, -0.1) is 0 Å². The number of sulfonamides is 1. The van der Waals surface area contributed by atoms with Gasteiger partial charge in [0.25, 0.3) is 0 Å². The van der Waals surface area contributed by atoms with Crippen LogP contribution in [0.2, 0.25) is 0 Å². The first-order chi connectivity index (χ1) is 10.0. The lowest BCUT2D eigenvalue weighted by molar-refractivity contribution is 0.198. The highest BCUT2D eigenvalue weighted by Crippen LogP contribution is 2.13. The van der Waals surface area contributed by atoms with Crippen molar-refractivity contribution in [2.24, 2.45) is 0 Å². The monoisotopic (exact) mass is 337 g/mol. The van der Waals surface area contributed by atoms with Crippen molar-refractivity contribution in [1.82, 2.24) is 14.5 Å². The van der Waals surface area contributed by atoms with Gasteiger partial charge in [-0.1, -0.05) is 13.8 Å². The molecule has 0 radical (unpaired) electrons. The molecule has 1 aliphatic heterocycles. The molecule has 0 aromatic carbocycles. The third-order valence-corrected chi connectivity index (χ3v) is 6.09. The fraction of sp³-hybridized carbons (Fsp3) is 0.923. The second kappa shape index (κ2) is 9.53.